The molecule has 98 valence electrons. The quantitative estimate of drug-likeness (QED) is 0.450. The maximum absolute atomic E-state index is 11.8. The molecule has 0 N–H and O–H groups in total. The lowest BCUT2D eigenvalue weighted by Crippen LogP contribution is -2.57. The van der Waals surface area contributed by atoms with E-state index in [2.05, 4.69) is 32.3 Å². The van der Waals surface area contributed by atoms with Crippen LogP contribution in [0.2, 0.25) is 0 Å². The van der Waals surface area contributed by atoms with Gasteiger partial charge in [0.2, 0.25) is 0 Å². The van der Waals surface area contributed by atoms with Crippen LogP contribution in [0.5, 0.6) is 0 Å². The van der Waals surface area contributed by atoms with Crippen LogP contribution < -0.4 is 0 Å². The van der Waals surface area contributed by atoms with E-state index in [1.807, 2.05) is 0 Å². The molecule has 0 aliphatic carbocycles. The highest BCUT2D eigenvalue weighted by molar-refractivity contribution is 9.08. The van der Waals surface area contributed by atoms with Crippen molar-refractivity contribution in [1.82, 2.24) is 7.85 Å². The first-order valence-corrected chi connectivity index (χ1v) is 8.98. The van der Waals surface area contributed by atoms with E-state index in [0.29, 0.717) is 12.5 Å². The van der Waals surface area contributed by atoms with Crippen molar-refractivity contribution in [2.24, 2.45) is 0 Å². The lowest BCUT2D eigenvalue weighted by molar-refractivity contribution is -0.123. The van der Waals surface area contributed by atoms with Gasteiger partial charge in [-0.25, -0.2) is 25.6 Å². The van der Waals surface area contributed by atoms with E-state index in [-0.39, 0.29) is 7.85 Å². The largest absolute Gasteiger partial charge is 0.349 e. The van der Waals surface area contributed by atoms with Gasteiger partial charge in [0.1, 0.15) is 0 Å². The summed E-state index contributed by atoms with van der Waals surface area (Å²) in [6.07, 6.45) is 1.11. The van der Waals surface area contributed by atoms with Crippen LogP contribution in [0.25, 0.3) is 0 Å². The average Bonchev–Trinajstić information content (AvgIpc) is 2.26. The summed E-state index contributed by atoms with van der Waals surface area (Å²) in [6.45, 7) is 0. The SMILES string of the molecule is CS(=O)(=O)C1(S(C)(=O)=O)C(=O)N(Br)C(=O)N1Br. The normalized spacial score (nSPS) is 21.2. The minimum atomic E-state index is -4.44. The Morgan fingerprint density at radius 3 is 1.47 bits per heavy atom. The molecule has 1 aliphatic heterocycles. The fourth-order valence-electron chi connectivity index (χ4n) is 1.38. The second-order valence-corrected chi connectivity index (χ2v) is 9.22. The van der Waals surface area contributed by atoms with E-state index < -0.39 is 35.8 Å². The van der Waals surface area contributed by atoms with E-state index in [4.69, 9.17) is 0 Å². The van der Waals surface area contributed by atoms with Crippen molar-refractivity contribution in [3.05, 3.63) is 0 Å². The molecule has 12 heteroatoms. The van der Waals surface area contributed by atoms with E-state index in [1.165, 1.54) is 0 Å². The van der Waals surface area contributed by atoms with Crippen LogP contribution in [0, 0.1) is 0 Å². The highest BCUT2D eigenvalue weighted by Gasteiger charge is 2.70. The summed E-state index contributed by atoms with van der Waals surface area (Å²) in [6, 6.07) is -1.15. The molecular weight excluding hydrogens is 408 g/mol. The van der Waals surface area contributed by atoms with Gasteiger partial charge in [-0.15, -0.1) is 0 Å². The van der Waals surface area contributed by atoms with Crippen molar-refractivity contribution >= 4 is 63.9 Å². The van der Waals surface area contributed by atoms with Crippen LogP contribution in [-0.2, 0) is 24.5 Å². The van der Waals surface area contributed by atoms with Crippen LogP contribution in [0.1, 0.15) is 0 Å². The fourth-order valence-corrected chi connectivity index (χ4v) is 7.89. The summed E-state index contributed by atoms with van der Waals surface area (Å²) in [4.78, 5) is 23.2. The standard InChI is InChI=1S/C5H6Br2N2O6S2/c1-16(12,13)5(17(2,14)15)3(10)8(6)4(11)9(5)7/h1-2H3. The molecule has 0 aromatic heterocycles. The highest BCUT2D eigenvalue weighted by atomic mass is 79.9. The molecule has 0 spiro atoms. The molecule has 1 fully saturated rings. The van der Waals surface area contributed by atoms with Crippen molar-refractivity contribution in [3.63, 3.8) is 0 Å². The number of carbonyl (C=O) groups is 2. The lowest BCUT2D eigenvalue weighted by Gasteiger charge is -2.26. The first-order valence-electron chi connectivity index (χ1n) is 3.78. The van der Waals surface area contributed by atoms with Gasteiger partial charge in [0.15, 0.2) is 19.7 Å². The number of rotatable bonds is 2. The summed E-state index contributed by atoms with van der Waals surface area (Å²) in [5.41, 5.74) is 0. The van der Waals surface area contributed by atoms with Gasteiger partial charge in [0.05, 0.1) is 32.3 Å². The van der Waals surface area contributed by atoms with Crippen molar-refractivity contribution in [2.75, 3.05) is 12.5 Å². The Hall–Kier alpha value is -0.200. The molecule has 1 aliphatic rings. The third-order valence-corrected chi connectivity index (χ3v) is 8.52. The Labute approximate surface area is 114 Å². The molecule has 8 nitrogen and oxygen atoms in total. The number of carbonyl (C=O) groups excluding carboxylic acids is 2. The minimum Gasteiger partial charge on any atom is -0.268 e. The number of amides is 3. The zero-order chi connectivity index (χ0) is 13.8. The fraction of sp³-hybridized carbons (Fsp3) is 0.600. The van der Waals surface area contributed by atoms with Gasteiger partial charge in [-0.2, -0.15) is 3.93 Å². The van der Waals surface area contributed by atoms with Crippen LogP contribution >= 0.6 is 32.3 Å². The number of imide groups is 1. The first-order chi connectivity index (χ1) is 7.39. The maximum atomic E-state index is 11.8. The molecule has 0 atom stereocenters. The van der Waals surface area contributed by atoms with Gasteiger partial charge in [-0.3, -0.25) is 4.79 Å². The van der Waals surface area contributed by atoms with Crippen molar-refractivity contribution in [1.29, 1.82) is 0 Å². The molecule has 1 heterocycles. The Kier molecular flexibility index (Phi) is 3.41. The van der Waals surface area contributed by atoms with Gasteiger partial charge in [-0.1, -0.05) is 0 Å². The van der Waals surface area contributed by atoms with E-state index in [1.54, 1.807) is 0 Å². The smallest absolute Gasteiger partial charge is 0.268 e. The third-order valence-electron chi connectivity index (χ3n) is 2.05. The summed E-state index contributed by atoms with van der Waals surface area (Å²) < 4.78 is 44.0. The van der Waals surface area contributed by atoms with Gasteiger partial charge in [-0.05, 0) is 0 Å². The molecule has 0 aromatic carbocycles. The Balaban J connectivity index is 3.83. The monoisotopic (exact) mass is 412 g/mol. The molecule has 1 saturated heterocycles. The van der Waals surface area contributed by atoms with Crippen LogP contribution in [0.4, 0.5) is 4.79 Å². The third kappa shape index (κ3) is 1.72. The van der Waals surface area contributed by atoms with Gasteiger partial charge in [0, 0.05) is 12.5 Å². The number of nitrogens with zero attached hydrogens (tertiary/aromatic N) is 2. The first kappa shape index (κ1) is 14.9. The minimum absolute atomic E-state index is 0.196. The molecule has 0 bridgehead atoms. The highest BCUT2D eigenvalue weighted by Crippen LogP contribution is 2.40. The topological polar surface area (TPSA) is 109 Å². The summed E-state index contributed by atoms with van der Waals surface area (Å²) in [5, 5.41) is 0. The van der Waals surface area contributed by atoms with Gasteiger partial charge in [0.25, 0.3) is 5.91 Å². The molecule has 1 rings (SSSR count). The lowest BCUT2D eigenvalue weighted by atomic mass is 10.6. The average molecular weight is 414 g/mol. The molecule has 0 saturated carbocycles. The Bertz CT molecular complexity index is 564. The van der Waals surface area contributed by atoms with Crippen LogP contribution in [0.3, 0.4) is 0 Å². The summed E-state index contributed by atoms with van der Waals surface area (Å²) >= 11 is 5.02. The number of halogens is 2. The number of urea groups is 1. The number of hydrogen-bond donors (Lipinski definition) is 0. The molecule has 3 amide bonds. The molecule has 0 unspecified atom stereocenters. The zero-order valence-electron chi connectivity index (χ0n) is 8.42. The molecular formula is C5H6Br2N2O6S2. The summed E-state index contributed by atoms with van der Waals surface area (Å²) in [7, 11) is -8.87. The zero-order valence-corrected chi connectivity index (χ0v) is 13.2. The molecule has 17 heavy (non-hydrogen) atoms. The summed E-state index contributed by atoms with van der Waals surface area (Å²) in [5.74, 6) is -1.41. The Morgan fingerprint density at radius 2 is 1.35 bits per heavy atom. The second kappa shape index (κ2) is 3.90. The molecule has 0 aromatic rings. The predicted molar refractivity (Wildman–Crippen MR) is 64.4 cm³/mol. The van der Waals surface area contributed by atoms with E-state index in [9.17, 15) is 26.4 Å². The van der Waals surface area contributed by atoms with E-state index in [0.717, 1.165) is 0 Å². The van der Waals surface area contributed by atoms with Crippen LogP contribution in [-0.4, -0.2) is 53.3 Å². The second-order valence-electron chi connectivity index (χ2n) is 3.28. The van der Waals surface area contributed by atoms with Gasteiger partial charge < -0.3 is 0 Å². The van der Waals surface area contributed by atoms with Gasteiger partial charge >= 0.3 is 10.2 Å². The maximum Gasteiger partial charge on any atom is 0.349 e. The number of sulfone groups is 2. The van der Waals surface area contributed by atoms with Crippen molar-refractivity contribution in [3.8, 4) is 0 Å². The predicted octanol–water partition coefficient (Wildman–Crippen LogP) is -0.387. The van der Waals surface area contributed by atoms with Crippen molar-refractivity contribution < 1.29 is 26.4 Å². The molecule has 0 radical (unpaired) electrons. The van der Waals surface area contributed by atoms with Crippen molar-refractivity contribution in [2.45, 2.75) is 4.20 Å². The Morgan fingerprint density at radius 1 is 1.00 bits per heavy atom. The van der Waals surface area contributed by atoms with Crippen LogP contribution in [0.15, 0.2) is 0 Å². The van der Waals surface area contributed by atoms with E-state index >= 15 is 0 Å². The number of hydrogen-bond acceptors (Lipinski definition) is 6.